The first-order valence-corrected chi connectivity index (χ1v) is 22.3. The topological polar surface area (TPSA) is 196 Å². The zero-order valence-corrected chi connectivity index (χ0v) is 37.4. The first-order valence-electron chi connectivity index (χ1n) is 20.9. The lowest BCUT2D eigenvalue weighted by atomic mass is 9.76. The number of nitrogens with one attached hydrogen (secondary N) is 2. The van der Waals surface area contributed by atoms with E-state index in [1.807, 2.05) is 0 Å². The summed E-state index contributed by atoms with van der Waals surface area (Å²) in [4.78, 5) is 24.9. The summed E-state index contributed by atoms with van der Waals surface area (Å²) in [6.45, 7) is 15.5. The fourth-order valence-electron chi connectivity index (χ4n) is 7.04. The third kappa shape index (κ3) is 10.6. The van der Waals surface area contributed by atoms with E-state index in [1.54, 1.807) is 48.5 Å². The van der Waals surface area contributed by atoms with Gasteiger partial charge in [-0.1, -0.05) is 84.0 Å². The minimum atomic E-state index is -4.60. The molecule has 0 atom stereocenters. The third-order valence-electron chi connectivity index (χ3n) is 11.6. The normalized spacial score (nSPS) is 12.2. The average molecular weight is 875 g/mol. The third-order valence-corrected chi connectivity index (χ3v) is 12.4. The molecular weight excluding hydrogens is 821 g/mol. The number of amides is 2. The molecule has 0 aliphatic heterocycles. The summed E-state index contributed by atoms with van der Waals surface area (Å²) >= 11 is 0. The molecule has 0 fully saturated rings. The van der Waals surface area contributed by atoms with Crippen molar-refractivity contribution < 1.29 is 42.2 Å². The van der Waals surface area contributed by atoms with Crippen LogP contribution in [0.2, 0.25) is 0 Å². The first kappa shape index (κ1) is 46.0. The molecule has 6 aromatic carbocycles. The van der Waals surface area contributed by atoms with Gasteiger partial charge in [-0.25, -0.2) is 0 Å². The van der Waals surface area contributed by atoms with Crippen LogP contribution in [0.15, 0.2) is 112 Å². The molecule has 2 amide bonds. The summed E-state index contributed by atoms with van der Waals surface area (Å²) < 4.78 is 45.8. The van der Waals surface area contributed by atoms with Crippen LogP contribution < -0.4 is 20.1 Å². The molecule has 0 aromatic heterocycles. The van der Waals surface area contributed by atoms with Crippen molar-refractivity contribution in [2.45, 2.75) is 89.9 Å². The molecule has 0 aliphatic carbocycles. The lowest BCUT2D eigenvalue weighted by Gasteiger charge is -2.30. The summed E-state index contributed by atoms with van der Waals surface area (Å²) in [7, 11) is -4.60. The zero-order valence-electron chi connectivity index (χ0n) is 36.6. The van der Waals surface area contributed by atoms with E-state index in [9.17, 15) is 32.8 Å². The van der Waals surface area contributed by atoms with Crippen LogP contribution in [0.1, 0.15) is 95.6 Å². The number of unbranched alkanes of at least 4 members (excludes halogenated alkanes) is 1. The van der Waals surface area contributed by atoms with Crippen LogP contribution in [0.25, 0.3) is 21.5 Å². The van der Waals surface area contributed by atoms with Gasteiger partial charge in [-0.15, -0.1) is 5.11 Å². The van der Waals surface area contributed by atoms with E-state index in [0.717, 1.165) is 30.7 Å². The maximum absolute atomic E-state index is 13.5. The van der Waals surface area contributed by atoms with Crippen molar-refractivity contribution in [3.05, 3.63) is 114 Å². The highest BCUT2D eigenvalue weighted by molar-refractivity contribution is 7.85. The standard InChI is InChI=1S/C49H54N4O9S/c1-8-48(4,5)32-17-23-42(39(27-32)49(6,7)9-2)61-25-13-12-24-50-47(57)38-29-43(36-14-10-11-15-37(36)45(38)55)62-34-20-18-33(19-21-34)52-53-40-22-16-31-26-35(63(58,59)60)28-41(51-30(3)54)44(31)46(40)56/h10-11,14-23,26-29,55-56H,8-9,12-13,24-25H2,1-7H3,(H,50,57)(H,51,54)(H,58,59,60). The van der Waals surface area contributed by atoms with Crippen molar-refractivity contribution in [2.24, 2.45) is 10.2 Å². The number of nitrogens with zero attached hydrogens (tertiary/aromatic N) is 2. The highest BCUT2D eigenvalue weighted by Crippen LogP contribution is 2.43. The Bertz CT molecular complexity index is 2820. The Morgan fingerprint density at radius 1 is 0.762 bits per heavy atom. The fourth-order valence-corrected chi connectivity index (χ4v) is 7.58. The number of benzene rings is 6. The zero-order chi connectivity index (χ0) is 45.7. The minimum Gasteiger partial charge on any atom is -0.506 e. The van der Waals surface area contributed by atoms with Gasteiger partial charge in [-0.2, -0.15) is 13.5 Å². The number of carbonyl (C=O) groups excluding carboxylic acids is 2. The van der Waals surface area contributed by atoms with E-state index >= 15 is 0 Å². The number of phenolic OH excluding ortho intramolecular Hbond substituents is 2. The number of aromatic hydroxyl groups is 2. The van der Waals surface area contributed by atoms with Crippen LogP contribution in [0, 0.1) is 0 Å². The number of ether oxygens (including phenoxy) is 2. The number of hydrogen-bond acceptors (Lipinski definition) is 10. The van der Waals surface area contributed by atoms with Gasteiger partial charge >= 0.3 is 0 Å². The van der Waals surface area contributed by atoms with Gasteiger partial charge < -0.3 is 30.3 Å². The van der Waals surface area contributed by atoms with Crippen molar-refractivity contribution in [3.8, 4) is 28.7 Å². The predicted octanol–water partition coefficient (Wildman–Crippen LogP) is 11.8. The molecule has 0 spiro atoms. The van der Waals surface area contributed by atoms with Crippen LogP contribution >= 0.6 is 0 Å². The Balaban J connectivity index is 1.12. The molecule has 63 heavy (non-hydrogen) atoms. The molecule has 6 rings (SSSR count). The fraction of sp³-hybridized carbons (Fsp3) is 0.306. The van der Waals surface area contributed by atoms with Gasteiger partial charge in [0.1, 0.15) is 28.7 Å². The van der Waals surface area contributed by atoms with Gasteiger partial charge in [0.05, 0.1) is 28.4 Å². The molecule has 330 valence electrons. The Labute approximate surface area is 367 Å². The molecule has 0 aliphatic rings. The lowest BCUT2D eigenvalue weighted by Crippen LogP contribution is -2.25. The van der Waals surface area contributed by atoms with Gasteiger partial charge in [-0.05, 0) is 102 Å². The molecule has 0 bridgehead atoms. The van der Waals surface area contributed by atoms with Crippen molar-refractivity contribution in [1.82, 2.24) is 5.32 Å². The van der Waals surface area contributed by atoms with E-state index in [2.05, 4.69) is 80.6 Å². The van der Waals surface area contributed by atoms with Crippen LogP contribution in [-0.2, 0) is 25.7 Å². The number of carbonyl (C=O) groups is 2. The maximum atomic E-state index is 13.5. The summed E-state index contributed by atoms with van der Waals surface area (Å²) in [5.74, 6) is 0.156. The van der Waals surface area contributed by atoms with Crippen LogP contribution in [-0.4, -0.2) is 48.1 Å². The molecule has 0 saturated heterocycles. The van der Waals surface area contributed by atoms with E-state index in [4.69, 9.17) is 9.47 Å². The molecular formula is C49H54N4O9S. The number of fused-ring (bicyclic) bond motifs is 2. The van der Waals surface area contributed by atoms with Gasteiger partial charge in [0, 0.05) is 35.2 Å². The van der Waals surface area contributed by atoms with Gasteiger partial charge in [0.15, 0.2) is 5.75 Å². The molecule has 0 radical (unpaired) electrons. The van der Waals surface area contributed by atoms with E-state index < -0.39 is 26.8 Å². The molecule has 14 heteroatoms. The second kappa shape index (κ2) is 18.9. The summed E-state index contributed by atoms with van der Waals surface area (Å²) in [5.41, 5.74) is 2.97. The van der Waals surface area contributed by atoms with Crippen molar-refractivity contribution in [3.63, 3.8) is 0 Å². The van der Waals surface area contributed by atoms with E-state index in [1.165, 1.54) is 36.2 Å². The molecule has 0 saturated carbocycles. The summed E-state index contributed by atoms with van der Waals surface area (Å²) in [6, 6.07) is 26.8. The lowest BCUT2D eigenvalue weighted by molar-refractivity contribution is -0.114. The van der Waals surface area contributed by atoms with Crippen molar-refractivity contribution in [2.75, 3.05) is 18.5 Å². The Morgan fingerprint density at radius 3 is 2.13 bits per heavy atom. The smallest absolute Gasteiger partial charge is 0.294 e. The largest absolute Gasteiger partial charge is 0.506 e. The number of anilines is 1. The average Bonchev–Trinajstić information content (AvgIpc) is 3.25. The number of hydrogen-bond donors (Lipinski definition) is 5. The van der Waals surface area contributed by atoms with Crippen LogP contribution in [0.5, 0.6) is 28.7 Å². The van der Waals surface area contributed by atoms with E-state index in [-0.39, 0.29) is 50.0 Å². The highest BCUT2D eigenvalue weighted by Gasteiger charge is 2.27. The highest BCUT2D eigenvalue weighted by atomic mass is 32.2. The number of azo groups is 1. The Kier molecular flexibility index (Phi) is 13.8. The second-order valence-electron chi connectivity index (χ2n) is 16.8. The van der Waals surface area contributed by atoms with Gasteiger partial charge in [-0.3, -0.25) is 14.1 Å². The number of phenols is 2. The molecule has 0 unspecified atom stereocenters. The summed E-state index contributed by atoms with van der Waals surface area (Å²) in [6.07, 6.45) is 3.38. The summed E-state index contributed by atoms with van der Waals surface area (Å²) in [5, 5.41) is 37.5. The monoisotopic (exact) mass is 874 g/mol. The van der Waals surface area contributed by atoms with Crippen LogP contribution in [0.4, 0.5) is 17.1 Å². The van der Waals surface area contributed by atoms with Gasteiger partial charge in [0.2, 0.25) is 5.91 Å². The molecule has 6 aromatic rings. The Hall–Kier alpha value is -6.51. The number of rotatable bonds is 17. The van der Waals surface area contributed by atoms with Crippen LogP contribution in [0.3, 0.4) is 0 Å². The molecule has 0 heterocycles. The van der Waals surface area contributed by atoms with Crippen molar-refractivity contribution >= 4 is 60.5 Å². The second-order valence-corrected chi connectivity index (χ2v) is 18.2. The molecule has 5 N–H and O–H groups in total. The quantitative estimate of drug-likeness (QED) is 0.0336. The SMILES string of the molecule is CCC(C)(C)c1ccc(OCCCCNC(=O)c2cc(Oc3ccc(N=Nc4ccc5cc(S(=O)(=O)O)cc(NC(C)=O)c5c4O)cc3)c3ccccc3c2O)c(C(C)(C)CC)c1. The first-order chi connectivity index (χ1) is 29.8. The predicted molar refractivity (Wildman–Crippen MR) is 246 cm³/mol. The van der Waals surface area contributed by atoms with Gasteiger partial charge in [0.25, 0.3) is 16.0 Å². The Morgan fingerprint density at radius 2 is 1.46 bits per heavy atom. The molecule has 13 nitrogen and oxygen atoms in total. The van der Waals surface area contributed by atoms with E-state index in [0.29, 0.717) is 54.0 Å². The maximum Gasteiger partial charge on any atom is 0.294 e. The minimum absolute atomic E-state index is 0.0335. The van der Waals surface area contributed by atoms with Crippen molar-refractivity contribution in [1.29, 1.82) is 0 Å².